The number of aryl methyl sites for hydroxylation is 2. The molecule has 1 fully saturated rings. The Kier molecular flexibility index (Phi) is 7.52. The van der Waals surface area contributed by atoms with Crippen molar-refractivity contribution in [3.05, 3.63) is 47.3 Å². The van der Waals surface area contributed by atoms with Crippen molar-refractivity contribution in [3.63, 3.8) is 0 Å². The molecule has 0 radical (unpaired) electrons. The van der Waals surface area contributed by atoms with E-state index in [1.165, 1.54) is 16.8 Å². The number of nitrogens with zero attached hydrogens (tertiary/aromatic N) is 5. The van der Waals surface area contributed by atoms with E-state index in [1.54, 1.807) is 0 Å². The lowest BCUT2D eigenvalue weighted by Crippen LogP contribution is -2.49. The SMILES string of the molecule is CCNC(=NCc1ccnn1C)NCCN1CCN(c2cccc(C)c2C)CC1. The molecule has 1 saturated heterocycles. The first-order chi connectivity index (χ1) is 14.1. The van der Waals surface area contributed by atoms with E-state index < -0.39 is 0 Å². The average Bonchev–Trinajstić information content (AvgIpc) is 3.14. The number of hydrogen-bond donors (Lipinski definition) is 2. The van der Waals surface area contributed by atoms with Gasteiger partial charge in [-0.05, 0) is 44.0 Å². The van der Waals surface area contributed by atoms with Crippen LogP contribution in [-0.4, -0.2) is 66.5 Å². The summed E-state index contributed by atoms with van der Waals surface area (Å²) in [5.74, 6) is 0.864. The van der Waals surface area contributed by atoms with Crippen LogP contribution in [0.15, 0.2) is 35.5 Å². The molecule has 2 aromatic rings. The minimum absolute atomic E-state index is 0.625. The van der Waals surface area contributed by atoms with Gasteiger partial charge in [0.15, 0.2) is 5.96 Å². The quantitative estimate of drug-likeness (QED) is 0.552. The van der Waals surface area contributed by atoms with Gasteiger partial charge in [0.05, 0.1) is 12.2 Å². The average molecular weight is 398 g/mol. The molecule has 1 aliphatic rings. The maximum absolute atomic E-state index is 4.68. The van der Waals surface area contributed by atoms with Crippen molar-refractivity contribution in [2.45, 2.75) is 27.3 Å². The summed E-state index contributed by atoms with van der Waals surface area (Å²) in [4.78, 5) is 9.72. The lowest BCUT2D eigenvalue weighted by molar-refractivity contribution is 0.261. The second-order valence-corrected chi connectivity index (χ2v) is 7.62. The Labute approximate surface area is 174 Å². The minimum atomic E-state index is 0.625. The fourth-order valence-corrected chi connectivity index (χ4v) is 3.68. The van der Waals surface area contributed by atoms with Gasteiger partial charge in [-0.15, -0.1) is 0 Å². The van der Waals surface area contributed by atoms with E-state index in [-0.39, 0.29) is 0 Å². The predicted octanol–water partition coefficient (Wildman–Crippen LogP) is 1.91. The summed E-state index contributed by atoms with van der Waals surface area (Å²) in [6, 6.07) is 8.61. The molecule has 1 aromatic heterocycles. The van der Waals surface area contributed by atoms with Crippen LogP contribution in [0.5, 0.6) is 0 Å². The normalized spacial score (nSPS) is 15.6. The van der Waals surface area contributed by atoms with Crippen molar-refractivity contribution in [1.82, 2.24) is 25.3 Å². The maximum atomic E-state index is 4.68. The summed E-state index contributed by atoms with van der Waals surface area (Å²) in [7, 11) is 1.95. The van der Waals surface area contributed by atoms with Crippen LogP contribution in [0.4, 0.5) is 5.69 Å². The van der Waals surface area contributed by atoms with Gasteiger partial charge >= 0.3 is 0 Å². The fraction of sp³-hybridized carbons (Fsp3) is 0.545. The van der Waals surface area contributed by atoms with Crippen LogP contribution in [0.1, 0.15) is 23.7 Å². The maximum Gasteiger partial charge on any atom is 0.191 e. The molecule has 158 valence electrons. The van der Waals surface area contributed by atoms with Gasteiger partial charge in [-0.2, -0.15) is 5.10 Å². The van der Waals surface area contributed by atoms with Crippen molar-refractivity contribution in [3.8, 4) is 0 Å². The van der Waals surface area contributed by atoms with E-state index in [4.69, 9.17) is 0 Å². The lowest BCUT2D eigenvalue weighted by Gasteiger charge is -2.37. The van der Waals surface area contributed by atoms with Gasteiger partial charge in [-0.3, -0.25) is 9.58 Å². The molecular formula is C22H35N7. The number of benzene rings is 1. The Morgan fingerprint density at radius 2 is 1.90 bits per heavy atom. The van der Waals surface area contributed by atoms with Gasteiger partial charge < -0.3 is 15.5 Å². The van der Waals surface area contributed by atoms with E-state index in [0.717, 1.165) is 57.5 Å². The molecule has 1 aliphatic heterocycles. The fourth-order valence-electron chi connectivity index (χ4n) is 3.68. The first-order valence-corrected chi connectivity index (χ1v) is 10.6. The standard InChI is InChI=1S/C22H35N7/c1-5-23-22(25-17-20-9-10-26-27(20)4)24-11-12-28-13-15-29(16-14-28)21-8-6-7-18(2)19(21)3/h6-10H,5,11-17H2,1-4H3,(H2,23,24,25). The highest BCUT2D eigenvalue weighted by Crippen LogP contribution is 2.23. The number of anilines is 1. The third kappa shape index (κ3) is 5.73. The molecule has 7 heteroatoms. The summed E-state index contributed by atoms with van der Waals surface area (Å²) in [5, 5.41) is 11.0. The molecule has 0 bridgehead atoms. The van der Waals surface area contributed by atoms with Gasteiger partial charge in [0.1, 0.15) is 0 Å². The van der Waals surface area contributed by atoms with Gasteiger partial charge in [-0.1, -0.05) is 12.1 Å². The van der Waals surface area contributed by atoms with Crippen LogP contribution >= 0.6 is 0 Å². The highest BCUT2D eigenvalue weighted by atomic mass is 15.3. The Morgan fingerprint density at radius 3 is 2.59 bits per heavy atom. The largest absolute Gasteiger partial charge is 0.369 e. The second-order valence-electron chi connectivity index (χ2n) is 7.62. The Morgan fingerprint density at radius 1 is 1.10 bits per heavy atom. The lowest BCUT2D eigenvalue weighted by atomic mass is 10.1. The number of aliphatic imine (C=N–C) groups is 1. The number of aromatic nitrogens is 2. The summed E-state index contributed by atoms with van der Waals surface area (Å²) >= 11 is 0. The molecule has 2 N–H and O–H groups in total. The van der Waals surface area contributed by atoms with Gasteiger partial charge in [0.25, 0.3) is 0 Å². The first kappa shape index (κ1) is 21.2. The summed E-state index contributed by atoms with van der Waals surface area (Å²) < 4.78 is 1.86. The van der Waals surface area contributed by atoms with Crippen LogP contribution in [0.25, 0.3) is 0 Å². The molecule has 0 aliphatic carbocycles. The topological polar surface area (TPSA) is 60.7 Å². The summed E-state index contributed by atoms with van der Waals surface area (Å²) in [6.45, 7) is 14.3. The number of nitrogens with one attached hydrogen (secondary N) is 2. The van der Waals surface area contributed by atoms with Gasteiger partial charge in [0.2, 0.25) is 0 Å². The molecule has 3 rings (SSSR count). The zero-order valence-electron chi connectivity index (χ0n) is 18.3. The summed E-state index contributed by atoms with van der Waals surface area (Å²) in [6.07, 6.45) is 1.81. The zero-order chi connectivity index (χ0) is 20.6. The smallest absolute Gasteiger partial charge is 0.191 e. The van der Waals surface area contributed by atoms with Crippen LogP contribution in [0.3, 0.4) is 0 Å². The second kappa shape index (κ2) is 10.3. The van der Waals surface area contributed by atoms with Crippen molar-refractivity contribution in [2.24, 2.45) is 12.0 Å². The Hall–Kier alpha value is -2.54. The van der Waals surface area contributed by atoms with Crippen molar-refractivity contribution < 1.29 is 0 Å². The molecule has 0 unspecified atom stereocenters. The third-order valence-corrected chi connectivity index (χ3v) is 5.68. The van der Waals surface area contributed by atoms with E-state index in [1.807, 2.05) is 24.0 Å². The molecule has 0 saturated carbocycles. The van der Waals surface area contributed by atoms with Crippen molar-refractivity contribution in [1.29, 1.82) is 0 Å². The van der Waals surface area contributed by atoms with Crippen molar-refractivity contribution in [2.75, 3.05) is 50.7 Å². The minimum Gasteiger partial charge on any atom is -0.369 e. The predicted molar refractivity (Wildman–Crippen MR) is 121 cm³/mol. The Balaban J connectivity index is 1.44. The molecule has 0 atom stereocenters. The van der Waals surface area contributed by atoms with E-state index in [2.05, 4.69) is 69.5 Å². The van der Waals surface area contributed by atoms with Crippen LogP contribution < -0.4 is 15.5 Å². The molecular weight excluding hydrogens is 362 g/mol. The third-order valence-electron chi connectivity index (χ3n) is 5.68. The molecule has 29 heavy (non-hydrogen) atoms. The molecule has 2 heterocycles. The van der Waals surface area contributed by atoms with Crippen LogP contribution in [-0.2, 0) is 13.6 Å². The van der Waals surface area contributed by atoms with E-state index >= 15 is 0 Å². The van der Waals surface area contributed by atoms with Crippen LogP contribution in [0.2, 0.25) is 0 Å². The molecule has 1 aromatic carbocycles. The first-order valence-electron chi connectivity index (χ1n) is 10.6. The monoisotopic (exact) mass is 397 g/mol. The number of piperazine rings is 1. The summed E-state index contributed by atoms with van der Waals surface area (Å²) in [5.41, 5.74) is 5.27. The number of rotatable bonds is 7. The Bertz CT molecular complexity index is 803. The molecule has 7 nitrogen and oxygen atoms in total. The van der Waals surface area contributed by atoms with E-state index in [9.17, 15) is 0 Å². The van der Waals surface area contributed by atoms with Crippen molar-refractivity contribution >= 4 is 11.6 Å². The highest BCUT2D eigenvalue weighted by Gasteiger charge is 2.18. The molecule has 0 amide bonds. The number of hydrogen-bond acceptors (Lipinski definition) is 4. The number of guanidine groups is 1. The van der Waals surface area contributed by atoms with Crippen LogP contribution in [0, 0.1) is 13.8 Å². The highest BCUT2D eigenvalue weighted by molar-refractivity contribution is 5.79. The molecule has 0 spiro atoms. The van der Waals surface area contributed by atoms with E-state index in [0.29, 0.717) is 6.54 Å². The van der Waals surface area contributed by atoms with Gasteiger partial charge in [-0.25, -0.2) is 4.99 Å². The zero-order valence-corrected chi connectivity index (χ0v) is 18.3. The van der Waals surface area contributed by atoms with Gasteiger partial charge in [0, 0.05) is 64.7 Å².